The topological polar surface area (TPSA) is 75.8 Å². The molecule has 17 heavy (non-hydrogen) atoms. The molecule has 0 fully saturated rings. The highest BCUT2D eigenvalue weighted by Crippen LogP contribution is 2.20. The molecule has 3 N–H and O–H groups in total. The SMILES string of the molecule is CCN(CCO)C(=O)c1ccc(OC)cc1N. The first-order valence-electron chi connectivity index (χ1n) is 5.47. The van der Waals surface area contributed by atoms with Crippen molar-refractivity contribution in [3.63, 3.8) is 0 Å². The number of nitrogens with two attached hydrogens (primary N) is 1. The maximum Gasteiger partial charge on any atom is 0.256 e. The highest BCUT2D eigenvalue weighted by molar-refractivity contribution is 5.99. The molecule has 1 amide bonds. The minimum absolute atomic E-state index is 0.0599. The highest BCUT2D eigenvalue weighted by Gasteiger charge is 2.16. The lowest BCUT2D eigenvalue weighted by Gasteiger charge is -2.20. The molecule has 0 aliphatic heterocycles. The van der Waals surface area contributed by atoms with Crippen molar-refractivity contribution in [2.75, 3.05) is 32.5 Å². The predicted octanol–water partition coefficient (Wildman–Crippen LogP) is 0.732. The Morgan fingerprint density at radius 3 is 2.71 bits per heavy atom. The highest BCUT2D eigenvalue weighted by atomic mass is 16.5. The van der Waals surface area contributed by atoms with E-state index in [4.69, 9.17) is 15.6 Å². The van der Waals surface area contributed by atoms with Gasteiger partial charge in [-0.15, -0.1) is 0 Å². The van der Waals surface area contributed by atoms with Crippen molar-refractivity contribution in [3.8, 4) is 5.75 Å². The van der Waals surface area contributed by atoms with E-state index in [1.807, 2.05) is 6.92 Å². The lowest BCUT2D eigenvalue weighted by Crippen LogP contribution is -2.33. The van der Waals surface area contributed by atoms with Crippen LogP contribution in [-0.4, -0.2) is 42.7 Å². The Labute approximate surface area is 101 Å². The van der Waals surface area contributed by atoms with Crippen molar-refractivity contribution in [1.29, 1.82) is 0 Å². The van der Waals surface area contributed by atoms with Gasteiger partial charge in [-0.2, -0.15) is 0 Å². The fraction of sp³-hybridized carbons (Fsp3) is 0.417. The van der Waals surface area contributed by atoms with Crippen molar-refractivity contribution in [2.24, 2.45) is 0 Å². The van der Waals surface area contributed by atoms with Crippen LogP contribution in [0, 0.1) is 0 Å². The molecule has 0 atom stereocenters. The van der Waals surface area contributed by atoms with E-state index < -0.39 is 0 Å². The molecule has 1 aromatic rings. The number of aliphatic hydroxyl groups is 1. The molecule has 5 nitrogen and oxygen atoms in total. The number of likely N-dealkylation sites (N-methyl/N-ethyl adjacent to an activating group) is 1. The molecule has 1 rings (SSSR count). The Balaban J connectivity index is 2.95. The molecule has 94 valence electrons. The minimum Gasteiger partial charge on any atom is -0.497 e. The monoisotopic (exact) mass is 238 g/mol. The Morgan fingerprint density at radius 2 is 2.24 bits per heavy atom. The summed E-state index contributed by atoms with van der Waals surface area (Å²) in [6.07, 6.45) is 0. The number of methoxy groups -OCH3 is 1. The van der Waals surface area contributed by atoms with Crippen molar-refractivity contribution < 1.29 is 14.6 Å². The molecule has 0 aliphatic rings. The van der Waals surface area contributed by atoms with Crippen LogP contribution < -0.4 is 10.5 Å². The third kappa shape index (κ3) is 3.10. The molecule has 0 heterocycles. The van der Waals surface area contributed by atoms with Gasteiger partial charge in [0, 0.05) is 24.8 Å². The van der Waals surface area contributed by atoms with Crippen LogP contribution in [0.15, 0.2) is 18.2 Å². The van der Waals surface area contributed by atoms with E-state index in [-0.39, 0.29) is 12.5 Å². The second-order valence-corrected chi connectivity index (χ2v) is 3.56. The van der Waals surface area contributed by atoms with E-state index in [1.165, 1.54) is 4.90 Å². The molecule has 5 heteroatoms. The Hall–Kier alpha value is -1.75. The van der Waals surface area contributed by atoms with Gasteiger partial charge in [0.25, 0.3) is 5.91 Å². The summed E-state index contributed by atoms with van der Waals surface area (Å²) in [6.45, 7) is 2.63. The van der Waals surface area contributed by atoms with Crippen LogP contribution in [-0.2, 0) is 0 Å². The van der Waals surface area contributed by atoms with Gasteiger partial charge in [-0.3, -0.25) is 4.79 Å². The first-order chi connectivity index (χ1) is 8.13. The summed E-state index contributed by atoms with van der Waals surface area (Å²) in [5.74, 6) is 0.436. The van der Waals surface area contributed by atoms with E-state index in [9.17, 15) is 4.79 Å². The molecule has 0 spiro atoms. The fourth-order valence-electron chi connectivity index (χ4n) is 1.56. The van der Waals surface area contributed by atoms with Gasteiger partial charge in [0.05, 0.1) is 19.3 Å². The van der Waals surface area contributed by atoms with E-state index in [2.05, 4.69) is 0 Å². The molecule has 0 saturated carbocycles. The summed E-state index contributed by atoms with van der Waals surface area (Å²) in [6, 6.07) is 4.94. The van der Waals surface area contributed by atoms with Crippen molar-refractivity contribution in [2.45, 2.75) is 6.92 Å². The number of carbonyl (C=O) groups is 1. The Bertz CT molecular complexity index is 393. The zero-order chi connectivity index (χ0) is 12.8. The smallest absolute Gasteiger partial charge is 0.256 e. The molecule has 0 aromatic heterocycles. The lowest BCUT2D eigenvalue weighted by molar-refractivity contribution is 0.0733. The van der Waals surface area contributed by atoms with Gasteiger partial charge < -0.3 is 20.5 Å². The van der Waals surface area contributed by atoms with Crippen LogP contribution in [0.5, 0.6) is 5.75 Å². The largest absolute Gasteiger partial charge is 0.497 e. The van der Waals surface area contributed by atoms with Gasteiger partial charge >= 0.3 is 0 Å². The van der Waals surface area contributed by atoms with Gasteiger partial charge in [-0.05, 0) is 19.1 Å². The second kappa shape index (κ2) is 6.10. The van der Waals surface area contributed by atoms with Crippen molar-refractivity contribution in [1.82, 2.24) is 4.90 Å². The lowest BCUT2D eigenvalue weighted by atomic mass is 10.1. The van der Waals surface area contributed by atoms with Crippen molar-refractivity contribution in [3.05, 3.63) is 23.8 Å². The van der Waals surface area contributed by atoms with Gasteiger partial charge in [0.15, 0.2) is 0 Å². The zero-order valence-corrected chi connectivity index (χ0v) is 10.1. The van der Waals surface area contributed by atoms with E-state index in [0.717, 1.165) is 0 Å². The Morgan fingerprint density at radius 1 is 1.53 bits per heavy atom. The number of anilines is 1. The standard InChI is InChI=1S/C12H18N2O3/c1-3-14(6-7-15)12(16)10-5-4-9(17-2)8-11(10)13/h4-5,8,15H,3,6-7,13H2,1-2H3. The van der Waals surface area contributed by atoms with E-state index in [0.29, 0.717) is 30.1 Å². The molecular weight excluding hydrogens is 220 g/mol. The quantitative estimate of drug-likeness (QED) is 0.741. The molecule has 0 bridgehead atoms. The first-order valence-corrected chi connectivity index (χ1v) is 5.47. The minimum atomic E-state index is -0.179. The molecule has 0 aliphatic carbocycles. The first kappa shape index (κ1) is 13.3. The number of amides is 1. The van der Waals surface area contributed by atoms with Crippen LogP contribution in [0.1, 0.15) is 17.3 Å². The van der Waals surface area contributed by atoms with E-state index >= 15 is 0 Å². The summed E-state index contributed by atoms with van der Waals surface area (Å²) in [5.41, 5.74) is 6.61. The summed E-state index contributed by atoms with van der Waals surface area (Å²) in [5, 5.41) is 8.87. The van der Waals surface area contributed by atoms with Gasteiger partial charge in [-0.1, -0.05) is 0 Å². The third-order valence-electron chi connectivity index (χ3n) is 2.53. The maximum absolute atomic E-state index is 12.1. The van der Waals surface area contributed by atoms with Crippen LogP contribution >= 0.6 is 0 Å². The van der Waals surface area contributed by atoms with Crippen LogP contribution in [0.4, 0.5) is 5.69 Å². The average Bonchev–Trinajstić information content (AvgIpc) is 2.35. The molecule has 0 radical (unpaired) electrons. The molecular formula is C12H18N2O3. The summed E-state index contributed by atoms with van der Waals surface area (Å²) < 4.78 is 5.02. The summed E-state index contributed by atoms with van der Waals surface area (Å²) in [4.78, 5) is 13.6. The average molecular weight is 238 g/mol. The number of nitrogens with zero attached hydrogens (tertiary/aromatic N) is 1. The number of nitrogen functional groups attached to an aromatic ring is 1. The molecule has 1 aromatic carbocycles. The Kier molecular flexibility index (Phi) is 4.78. The van der Waals surface area contributed by atoms with Crippen LogP contribution in [0.3, 0.4) is 0 Å². The number of rotatable bonds is 5. The zero-order valence-electron chi connectivity index (χ0n) is 10.1. The summed E-state index contributed by atoms with van der Waals surface area (Å²) >= 11 is 0. The maximum atomic E-state index is 12.1. The summed E-state index contributed by atoms with van der Waals surface area (Å²) in [7, 11) is 1.54. The van der Waals surface area contributed by atoms with Crippen LogP contribution in [0.2, 0.25) is 0 Å². The number of carbonyl (C=O) groups excluding carboxylic acids is 1. The molecule has 0 unspecified atom stereocenters. The van der Waals surface area contributed by atoms with Gasteiger partial charge in [0.2, 0.25) is 0 Å². The fourth-order valence-corrected chi connectivity index (χ4v) is 1.56. The van der Waals surface area contributed by atoms with Crippen LogP contribution in [0.25, 0.3) is 0 Å². The number of aliphatic hydroxyl groups excluding tert-OH is 1. The predicted molar refractivity (Wildman–Crippen MR) is 66.1 cm³/mol. The number of hydrogen-bond donors (Lipinski definition) is 2. The van der Waals surface area contributed by atoms with Crippen molar-refractivity contribution >= 4 is 11.6 Å². The van der Waals surface area contributed by atoms with E-state index in [1.54, 1.807) is 25.3 Å². The normalized spacial score (nSPS) is 10.1. The number of hydrogen-bond acceptors (Lipinski definition) is 4. The van der Waals surface area contributed by atoms with Gasteiger partial charge in [-0.25, -0.2) is 0 Å². The third-order valence-corrected chi connectivity index (χ3v) is 2.53. The second-order valence-electron chi connectivity index (χ2n) is 3.56. The number of benzene rings is 1. The molecule has 0 saturated heterocycles. The number of ether oxygens (including phenoxy) is 1. The van der Waals surface area contributed by atoms with Gasteiger partial charge in [0.1, 0.15) is 5.75 Å².